The molecule has 0 aliphatic rings. The van der Waals surface area contributed by atoms with Crippen LogP contribution in [0.15, 0.2) is 48.5 Å². The predicted octanol–water partition coefficient (Wildman–Crippen LogP) is 3.90. The molecule has 0 saturated heterocycles. The summed E-state index contributed by atoms with van der Waals surface area (Å²) in [6.07, 6.45) is 3.10. The summed E-state index contributed by atoms with van der Waals surface area (Å²) in [6, 6.07) is 16.3. The van der Waals surface area contributed by atoms with E-state index in [1.807, 2.05) is 30.3 Å². The molecule has 0 bridgehead atoms. The molecule has 0 fully saturated rings. The first kappa shape index (κ1) is 14.2. The van der Waals surface area contributed by atoms with Crippen molar-refractivity contribution in [1.82, 2.24) is 0 Å². The van der Waals surface area contributed by atoms with Gasteiger partial charge < -0.3 is 9.47 Å². The van der Waals surface area contributed by atoms with E-state index in [9.17, 15) is 0 Å². The van der Waals surface area contributed by atoms with Gasteiger partial charge in [-0.05, 0) is 35.9 Å². The maximum absolute atomic E-state index is 8.88. The van der Waals surface area contributed by atoms with E-state index in [1.54, 1.807) is 30.3 Å². The number of methoxy groups -OCH3 is 1. The monoisotopic (exact) mass is 276 g/mol. The molecule has 4 heteroatoms. The molecule has 102 valence electrons. The number of hydrogen-bond acceptors (Lipinski definition) is 4. The van der Waals surface area contributed by atoms with E-state index in [0.717, 1.165) is 5.56 Å². The quantitative estimate of drug-likeness (QED) is 0.794. The Morgan fingerprint density at radius 1 is 1.05 bits per heavy atom. The molecule has 21 heavy (non-hydrogen) atoms. The van der Waals surface area contributed by atoms with Crippen molar-refractivity contribution in [3.8, 4) is 29.4 Å². The van der Waals surface area contributed by atoms with Crippen molar-refractivity contribution < 1.29 is 9.47 Å². The zero-order valence-corrected chi connectivity index (χ0v) is 11.4. The molecule has 0 aliphatic carbocycles. The molecular weight excluding hydrogens is 264 g/mol. The van der Waals surface area contributed by atoms with Crippen LogP contribution in [0.1, 0.15) is 11.1 Å². The van der Waals surface area contributed by atoms with Crippen LogP contribution >= 0.6 is 0 Å². The molecule has 2 aromatic carbocycles. The number of nitrogens with zero attached hydrogens (tertiary/aromatic N) is 2. The molecule has 0 saturated carbocycles. The van der Waals surface area contributed by atoms with Crippen LogP contribution in [0.4, 0.5) is 0 Å². The van der Waals surface area contributed by atoms with Crippen molar-refractivity contribution in [2.24, 2.45) is 0 Å². The number of rotatable bonds is 4. The molecule has 0 aliphatic heterocycles. The molecule has 0 unspecified atom stereocenters. The first-order valence-corrected chi connectivity index (χ1v) is 6.19. The smallest absolute Gasteiger partial charge is 0.169 e. The van der Waals surface area contributed by atoms with E-state index in [-0.39, 0.29) is 0 Å². The minimum Gasteiger partial charge on any atom is -0.493 e. The van der Waals surface area contributed by atoms with Gasteiger partial charge in [-0.2, -0.15) is 10.5 Å². The third kappa shape index (κ3) is 3.62. The van der Waals surface area contributed by atoms with Gasteiger partial charge in [0.15, 0.2) is 11.5 Å². The molecule has 4 nitrogen and oxygen atoms in total. The van der Waals surface area contributed by atoms with Crippen molar-refractivity contribution in [1.29, 1.82) is 10.5 Å². The Hall–Kier alpha value is -3.24. The number of ether oxygens (including phenoxy) is 2. The largest absolute Gasteiger partial charge is 0.493 e. The molecule has 0 aromatic heterocycles. The molecule has 0 spiro atoms. The zero-order chi connectivity index (χ0) is 15.1. The van der Waals surface area contributed by atoms with Gasteiger partial charge in [0.25, 0.3) is 0 Å². The van der Waals surface area contributed by atoms with Crippen LogP contribution in [-0.4, -0.2) is 7.11 Å². The third-order valence-electron chi connectivity index (χ3n) is 2.73. The van der Waals surface area contributed by atoms with Crippen LogP contribution in [0.3, 0.4) is 0 Å². The van der Waals surface area contributed by atoms with Gasteiger partial charge in [0.05, 0.1) is 24.8 Å². The third-order valence-corrected chi connectivity index (χ3v) is 2.73. The summed E-state index contributed by atoms with van der Waals surface area (Å²) in [6.45, 7) is 0. The first-order valence-electron chi connectivity index (χ1n) is 6.19. The molecule has 2 rings (SSSR count). The summed E-state index contributed by atoms with van der Waals surface area (Å²) in [5.74, 6) is 1.64. The Morgan fingerprint density at radius 3 is 2.62 bits per heavy atom. The van der Waals surface area contributed by atoms with Gasteiger partial charge >= 0.3 is 0 Å². The van der Waals surface area contributed by atoms with Crippen LogP contribution in [0.5, 0.6) is 17.2 Å². The molecule has 0 N–H and O–H groups in total. The van der Waals surface area contributed by atoms with Gasteiger partial charge in [0.1, 0.15) is 5.75 Å². The lowest BCUT2D eigenvalue weighted by Crippen LogP contribution is -1.91. The molecule has 0 heterocycles. The Morgan fingerprint density at radius 2 is 1.90 bits per heavy atom. The molecule has 0 atom stereocenters. The Balaban J connectivity index is 2.28. The van der Waals surface area contributed by atoms with Crippen LogP contribution in [0.25, 0.3) is 6.08 Å². The highest BCUT2D eigenvalue weighted by Crippen LogP contribution is 2.32. The summed E-state index contributed by atoms with van der Waals surface area (Å²) < 4.78 is 11.0. The topological polar surface area (TPSA) is 66.0 Å². The van der Waals surface area contributed by atoms with E-state index in [2.05, 4.69) is 0 Å². The highest BCUT2D eigenvalue weighted by Gasteiger charge is 2.07. The van der Waals surface area contributed by atoms with E-state index in [0.29, 0.717) is 22.8 Å². The second-order valence-corrected chi connectivity index (χ2v) is 4.11. The minimum atomic E-state index is 0.493. The normalized spacial score (nSPS) is 9.86. The summed E-state index contributed by atoms with van der Waals surface area (Å²) in [5, 5.41) is 17.4. The first-order chi connectivity index (χ1) is 10.3. The zero-order valence-electron chi connectivity index (χ0n) is 11.4. The maximum Gasteiger partial charge on any atom is 0.169 e. The van der Waals surface area contributed by atoms with Gasteiger partial charge in [0.2, 0.25) is 0 Å². The molecule has 0 amide bonds. The van der Waals surface area contributed by atoms with Crippen molar-refractivity contribution >= 4 is 6.08 Å². The average molecular weight is 276 g/mol. The van der Waals surface area contributed by atoms with Crippen molar-refractivity contribution in [2.75, 3.05) is 7.11 Å². The SMILES string of the molecule is COc1cc(C#N)ccc1Oc1cccc(/C=C\C#N)c1. The van der Waals surface area contributed by atoms with Gasteiger partial charge in [-0.1, -0.05) is 12.1 Å². The standard InChI is InChI=1S/C17H12N2O2/c1-20-17-11-14(12-19)7-8-16(17)21-15-6-2-4-13(10-15)5-3-9-18/h2-8,10-11H,1H3/b5-3-. The fourth-order valence-electron chi connectivity index (χ4n) is 1.76. The van der Waals surface area contributed by atoms with Crippen LogP contribution < -0.4 is 9.47 Å². The van der Waals surface area contributed by atoms with Crippen LogP contribution in [0, 0.1) is 22.7 Å². The Labute approximate surface area is 123 Å². The fraction of sp³-hybridized carbons (Fsp3) is 0.0588. The van der Waals surface area contributed by atoms with Crippen LogP contribution in [0.2, 0.25) is 0 Å². The number of benzene rings is 2. The second kappa shape index (κ2) is 6.79. The lowest BCUT2D eigenvalue weighted by Gasteiger charge is -2.10. The second-order valence-electron chi connectivity index (χ2n) is 4.11. The van der Waals surface area contributed by atoms with E-state index in [4.69, 9.17) is 20.0 Å². The lowest BCUT2D eigenvalue weighted by molar-refractivity contribution is 0.378. The summed E-state index contributed by atoms with van der Waals surface area (Å²) in [5.41, 5.74) is 1.37. The summed E-state index contributed by atoms with van der Waals surface area (Å²) >= 11 is 0. The van der Waals surface area contributed by atoms with Crippen LogP contribution in [-0.2, 0) is 0 Å². The van der Waals surface area contributed by atoms with Gasteiger partial charge in [-0.15, -0.1) is 0 Å². The molecule has 2 aromatic rings. The van der Waals surface area contributed by atoms with E-state index < -0.39 is 0 Å². The number of nitriles is 2. The highest BCUT2D eigenvalue weighted by atomic mass is 16.5. The van der Waals surface area contributed by atoms with Crippen molar-refractivity contribution in [3.63, 3.8) is 0 Å². The Bertz CT molecular complexity index is 752. The van der Waals surface area contributed by atoms with E-state index in [1.165, 1.54) is 13.2 Å². The summed E-state index contributed by atoms with van der Waals surface area (Å²) in [4.78, 5) is 0. The number of hydrogen-bond donors (Lipinski definition) is 0. The van der Waals surface area contributed by atoms with Gasteiger partial charge in [0, 0.05) is 12.1 Å². The molecular formula is C17H12N2O2. The average Bonchev–Trinajstić information content (AvgIpc) is 2.53. The minimum absolute atomic E-state index is 0.493. The van der Waals surface area contributed by atoms with Crippen molar-refractivity contribution in [2.45, 2.75) is 0 Å². The Kier molecular flexibility index (Phi) is 4.58. The van der Waals surface area contributed by atoms with E-state index >= 15 is 0 Å². The summed E-state index contributed by atoms with van der Waals surface area (Å²) in [7, 11) is 1.52. The lowest BCUT2D eigenvalue weighted by atomic mass is 10.2. The fourth-order valence-corrected chi connectivity index (χ4v) is 1.76. The predicted molar refractivity (Wildman–Crippen MR) is 78.9 cm³/mol. The van der Waals surface area contributed by atoms with Crippen molar-refractivity contribution in [3.05, 3.63) is 59.7 Å². The van der Waals surface area contributed by atoms with Gasteiger partial charge in [-0.3, -0.25) is 0 Å². The highest BCUT2D eigenvalue weighted by molar-refractivity contribution is 5.55. The maximum atomic E-state index is 8.88. The molecule has 0 radical (unpaired) electrons. The van der Waals surface area contributed by atoms with Gasteiger partial charge in [-0.25, -0.2) is 0 Å². The number of allylic oxidation sites excluding steroid dienone is 1.